The maximum absolute atomic E-state index is 9.45. The molecule has 0 heterocycles. The first-order valence-corrected chi connectivity index (χ1v) is 3.00. The summed E-state index contributed by atoms with van der Waals surface area (Å²) in [5, 5.41) is 0. The van der Waals surface area contributed by atoms with E-state index in [-0.39, 0.29) is 25.5 Å². The summed E-state index contributed by atoms with van der Waals surface area (Å²) in [6, 6.07) is 0. The van der Waals surface area contributed by atoms with Gasteiger partial charge in [-0.3, -0.25) is 4.18 Å². The minimum absolute atomic E-state index is 0. The van der Waals surface area contributed by atoms with Crippen molar-refractivity contribution in [2.45, 2.75) is 6.92 Å². The van der Waals surface area contributed by atoms with E-state index >= 15 is 0 Å². The molecule has 0 radical (unpaired) electrons. The van der Waals surface area contributed by atoms with Crippen molar-refractivity contribution in [2.24, 2.45) is 0 Å². The molecule has 8 heavy (non-hydrogen) atoms. The number of hydrogen-bond acceptors (Lipinski definition) is 4. The summed E-state index contributed by atoms with van der Waals surface area (Å²) >= 11 is 0. The monoisotopic (exact) mass is 132 g/mol. The largest absolute Gasteiger partial charge is 1.00 e. The van der Waals surface area contributed by atoms with Crippen LogP contribution in [-0.2, 0) is 14.6 Å². The van der Waals surface area contributed by atoms with E-state index in [1.807, 2.05) is 0 Å². The van der Waals surface area contributed by atoms with Crippen LogP contribution in [0, 0.1) is 0 Å². The van der Waals surface area contributed by atoms with Gasteiger partial charge in [-0.05, 0) is 6.92 Å². The molecule has 0 atom stereocenters. The van der Waals surface area contributed by atoms with Crippen LogP contribution in [0.15, 0.2) is 0 Å². The quantitative estimate of drug-likeness (QED) is 0.222. The molecule has 0 aromatic carbocycles. The van der Waals surface area contributed by atoms with E-state index in [1.165, 1.54) is 6.92 Å². The van der Waals surface area contributed by atoms with E-state index in [9.17, 15) is 13.0 Å². The molecule has 0 spiro atoms. The first kappa shape index (κ1) is 11.3. The third-order valence-electron chi connectivity index (χ3n) is 0.262. The van der Waals surface area contributed by atoms with E-state index in [4.69, 9.17) is 0 Å². The Labute approximate surface area is 60.4 Å². The fraction of sp³-hybridized carbons (Fsp3) is 1.00. The Morgan fingerprint density at radius 1 is 1.62 bits per heavy atom. The molecule has 0 N–H and O–H groups in total. The van der Waals surface area contributed by atoms with Gasteiger partial charge in [0.2, 0.25) is 10.4 Å². The second-order valence-corrected chi connectivity index (χ2v) is 1.87. The topological polar surface area (TPSA) is 66.4 Å². The summed E-state index contributed by atoms with van der Waals surface area (Å²) in [5.74, 6) is 0. The van der Waals surface area contributed by atoms with Crippen LogP contribution in [0.3, 0.4) is 0 Å². The van der Waals surface area contributed by atoms with Crippen LogP contribution >= 0.6 is 0 Å². The van der Waals surface area contributed by atoms with Gasteiger partial charge in [-0.25, -0.2) is 8.42 Å². The molecule has 4 nitrogen and oxygen atoms in total. The first-order chi connectivity index (χ1) is 3.06. The molecule has 0 saturated carbocycles. The predicted octanol–water partition coefficient (Wildman–Crippen LogP) is -3.51. The Kier molecular flexibility index (Phi) is 6.15. The summed E-state index contributed by atoms with van der Waals surface area (Å²) in [6.45, 7) is 1.33. The van der Waals surface area contributed by atoms with Crippen molar-refractivity contribution in [2.75, 3.05) is 6.61 Å². The maximum Gasteiger partial charge on any atom is 1.00 e. The van der Waals surface area contributed by atoms with Gasteiger partial charge in [0.25, 0.3) is 0 Å². The van der Waals surface area contributed by atoms with Crippen LogP contribution in [0.25, 0.3) is 0 Å². The molecule has 0 bridgehead atoms. The minimum Gasteiger partial charge on any atom is -0.726 e. The Morgan fingerprint density at radius 3 is 2.00 bits per heavy atom. The molecule has 0 aliphatic heterocycles. The van der Waals surface area contributed by atoms with E-state index in [2.05, 4.69) is 4.18 Å². The van der Waals surface area contributed by atoms with E-state index in [0.717, 1.165) is 0 Å². The SMILES string of the molecule is CCOS(=O)(=O)[O-].[Li+]. The van der Waals surface area contributed by atoms with Gasteiger partial charge in [0.15, 0.2) is 0 Å². The van der Waals surface area contributed by atoms with Crippen molar-refractivity contribution in [3.8, 4) is 0 Å². The Hall–Kier alpha value is 0.467. The third-order valence-corrected chi connectivity index (χ3v) is 0.787. The summed E-state index contributed by atoms with van der Waals surface area (Å²) in [6.07, 6.45) is 0. The average molecular weight is 132 g/mol. The van der Waals surface area contributed by atoms with Crippen LogP contribution in [0.4, 0.5) is 0 Å². The van der Waals surface area contributed by atoms with Gasteiger partial charge in [-0.15, -0.1) is 0 Å². The zero-order chi connectivity index (χ0) is 5.91. The molecule has 0 fully saturated rings. The van der Waals surface area contributed by atoms with Gasteiger partial charge >= 0.3 is 18.9 Å². The average Bonchev–Trinajstić information content (AvgIpc) is 1.30. The zero-order valence-electron chi connectivity index (χ0n) is 4.75. The van der Waals surface area contributed by atoms with Crippen LogP contribution in [0.5, 0.6) is 0 Å². The second kappa shape index (κ2) is 4.36. The fourth-order valence-corrected chi connectivity index (χ4v) is 0.433. The molecule has 0 aromatic rings. The van der Waals surface area contributed by atoms with Crippen LogP contribution in [-0.4, -0.2) is 19.6 Å². The van der Waals surface area contributed by atoms with Gasteiger partial charge in [0, 0.05) is 0 Å². The number of rotatable bonds is 2. The second-order valence-electron chi connectivity index (χ2n) is 0.815. The van der Waals surface area contributed by atoms with E-state index in [1.54, 1.807) is 0 Å². The van der Waals surface area contributed by atoms with Gasteiger partial charge < -0.3 is 4.55 Å². The maximum atomic E-state index is 9.45. The molecule has 0 amide bonds. The molecule has 0 aliphatic rings. The number of hydrogen-bond donors (Lipinski definition) is 0. The molecule has 0 aliphatic carbocycles. The van der Waals surface area contributed by atoms with Crippen molar-refractivity contribution in [1.82, 2.24) is 0 Å². The summed E-state index contributed by atoms with van der Waals surface area (Å²) in [4.78, 5) is 0. The summed E-state index contributed by atoms with van der Waals surface area (Å²) in [7, 11) is -4.42. The van der Waals surface area contributed by atoms with Crippen molar-refractivity contribution < 1.29 is 36.0 Å². The van der Waals surface area contributed by atoms with E-state index < -0.39 is 10.4 Å². The Morgan fingerprint density at radius 2 is 2.00 bits per heavy atom. The molecule has 0 saturated heterocycles. The molecular weight excluding hydrogens is 127 g/mol. The zero-order valence-corrected chi connectivity index (χ0v) is 5.56. The van der Waals surface area contributed by atoms with Crippen LogP contribution < -0.4 is 18.9 Å². The molecule has 44 valence electrons. The Bertz CT molecular complexity index is 127. The third kappa shape index (κ3) is 9.69. The van der Waals surface area contributed by atoms with Crippen LogP contribution in [0.2, 0.25) is 0 Å². The molecule has 0 rings (SSSR count). The normalized spacial score (nSPS) is 10.2. The smallest absolute Gasteiger partial charge is 0.726 e. The van der Waals surface area contributed by atoms with Gasteiger partial charge in [0.1, 0.15) is 0 Å². The van der Waals surface area contributed by atoms with Crippen LogP contribution in [0.1, 0.15) is 6.92 Å². The van der Waals surface area contributed by atoms with Crippen molar-refractivity contribution in [3.63, 3.8) is 0 Å². The van der Waals surface area contributed by atoms with Crippen molar-refractivity contribution in [1.29, 1.82) is 0 Å². The van der Waals surface area contributed by atoms with Gasteiger partial charge in [0.05, 0.1) is 6.61 Å². The minimum atomic E-state index is -4.42. The summed E-state index contributed by atoms with van der Waals surface area (Å²) < 4.78 is 32.0. The Balaban J connectivity index is 0. The molecule has 0 aromatic heterocycles. The van der Waals surface area contributed by atoms with Crippen molar-refractivity contribution in [3.05, 3.63) is 0 Å². The van der Waals surface area contributed by atoms with Crippen molar-refractivity contribution >= 4 is 10.4 Å². The van der Waals surface area contributed by atoms with E-state index in [0.29, 0.717) is 0 Å². The first-order valence-electron chi connectivity index (χ1n) is 1.66. The predicted molar refractivity (Wildman–Crippen MR) is 21.3 cm³/mol. The van der Waals surface area contributed by atoms with Gasteiger partial charge in [-0.1, -0.05) is 0 Å². The standard InChI is InChI=1S/C2H6O4S.Li/c1-2-6-7(3,4)5;/h2H2,1H3,(H,3,4,5);/q;+1/p-1. The fourth-order valence-electron chi connectivity index (χ4n) is 0.144. The molecule has 0 unspecified atom stereocenters. The summed E-state index contributed by atoms with van der Waals surface area (Å²) in [5.41, 5.74) is 0. The molecule has 6 heteroatoms. The molecular formula is C2H5LiO4S. The van der Waals surface area contributed by atoms with Gasteiger partial charge in [-0.2, -0.15) is 0 Å².